The summed E-state index contributed by atoms with van der Waals surface area (Å²) in [6.45, 7) is 0.369. The summed E-state index contributed by atoms with van der Waals surface area (Å²) in [7, 11) is 3.07. The number of rotatable bonds is 10. The largest absolute Gasteiger partial charge is 0.497 e. The van der Waals surface area contributed by atoms with E-state index in [0.717, 1.165) is 0 Å². The molecule has 10 heteroatoms. The average Bonchev–Trinajstić information content (AvgIpc) is 3.30. The molecule has 0 aliphatic rings. The van der Waals surface area contributed by atoms with Gasteiger partial charge in [0.25, 0.3) is 0 Å². The summed E-state index contributed by atoms with van der Waals surface area (Å²) in [5.74, 6) is -0.705. The van der Waals surface area contributed by atoms with Crippen LogP contribution in [0.1, 0.15) is 11.6 Å². The van der Waals surface area contributed by atoms with Crippen molar-refractivity contribution in [3.05, 3.63) is 84.2 Å². The smallest absolute Gasteiger partial charge is 0.249 e. The number of ether oxygens (including phenoxy) is 2. The molecule has 0 aliphatic heterocycles. The van der Waals surface area contributed by atoms with Crippen LogP contribution in [0.4, 0.5) is 10.1 Å². The minimum Gasteiger partial charge on any atom is -0.497 e. The number of nitrogens with one attached hydrogen (secondary N) is 1. The van der Waals surface area contributed by atoms with E-state index in [1.807, 2.05) is 18.2 Å². The summed E-state index contributed by atoms with van der Waals surface area (Å²) in [5, 5.41) is 11.0. The molecule has 4 rings (SSSR count). The lowest BCUT2D eigenvalue weighted by atomic mass is 10.0. The van der Waals surface area contributed by atoms with E-state index in [9.17, 15) is 14.0 Å². The van der Waals surface area contributed by atoms with Crippen LogP contribution in [0, 0.1) is 5.82 Å². The molecule has 1 aromatic heterocycles. The first-order chi connectivity index (χ1) is 17.5. The van der Waals surface area contributed by atoms with Crippen molar-refractivity contribution >= 4 is 28.5 Å². The van der Waals surface area contributed by atoms with E-state index < -0.39 is 23.7 Å². The zero-order chi connectivity index (χ0) is 25.5. The molecule has 2 amide bonds. The van der Waals surface area contributed by atoms with Crippen LogP contribution in [0.5, 0.6) is 5.75 Å². The lowest BCUT2D eigenvalue weighted by Gasteiger charge is -2.31. The highest BCUT2D eigenvalue weighted by atomic mass is 19.1. The zero-order valence-electron chi connectivity index (χ0n) is 19.9. The number of methoxy groups -OCH3 is 2. The molecule has 0 fully saturated rings. The number of carbonyl (C=O) groups is 2. The van der Waals surface area contributed by atoms with Crippen LogP contribution >= 0.6 is 0 Å². The molecule has 0 aliphatic carbocycles. The zero-order valence-corrected chi connectivity index (χ0v) is 19.9. The Kier molecular flexibility index (Phi) is 7.86. The summed E-state index contributed by atoms with van der Waals surface area (Å²) in [6, 6.07) is 18.5. The Balaban J connectivity index is 1.77. The highest BCUT2D eigenvalue weighted by molar-refractivity contribution is 6.01. The summed E-state index contributed by atoms with van der Waals surface area (Å²) in [5.41, 5.74) is 2.22. The number of halogens is 1. The fourth-order valence-corrected chi connectivity index (χ4v) is 3.85. The van der Waals surface area contributed by atoms with Crippen molar-refractivity contribution in [2.24, 2.45) is 0 Å². The van der Waals surface area contributed by atoms with Crippen molar-refractivity contribution in [3.8, 4) is 5.75 Å². The predicted octanol–water partition coefficient (Wildman–Crippen LogP) is 3.12. The van der Waals surface area contributed by atoms with Gasteiger partial charge in [0.1, 0.15) is 29.7 Å². The standard InChI is InChI=1S/C26H26FN5O4/c1-35-16-15-28-26(34)25(18-7-13-21(36-2)14-8-18)32(20-11-9-19(27)10-12-20)24(33)17-31-23-6-4-3-5-22(23)29-30-31/h3-14,25H,15-17H2,1-2H3,(H,28,34)/t25-/m1/s1. The Morgan fingerprint density at radius 3 is 2.44 bits per heavy atom. The molecule has 0 unspecified atom stereocenters. The van der Waals surface area contributed by atoms with Gasteiger partial charge in [0, 0.05) is 19.3 Å². The van der Waals surface area contributed by atoms with Crippen molar-refractivity contribution < 1.29 is 23.5 Å². The quantitative estimate of drug-likeness (QED) is 0.342. The molecule has 0 saturated carbocycles. The van der Waals surface area contributed by atoms with Crippen LogP contribution < -0.4 is 15.0 Å². The molecule has 1 atom stereocenters. The molecule has 1 N–H and O–H groups in total. The van der Waals surface area contributed by atoms with Crippen molar-refractivity contribution in [2.75, 3.05) is 32.3 Å². The number of para-hydroxylation sites is 1. The Morgan fingerprint density at radius 2 is 1.75 bits per heavy atom. The Morgan fingerprint density at radius 1 is 1.03 bits per heavy atom. The van der Waals surface area contributed by atoms with Crippen LogP contribution in [0.25, 0.3) is 11.0 Å². The van der Waals surface area contributed by atoms with Crippen molar-refractivity contribution in [1.29, 1.82) is 0 Å². The van der Waals surface area contributed by atoms with E-state index in [1.165, 1.54) is 41.0 Å². The summed E-state index contributed by atoms with van der Waals surface area (Å²) in [4.78, 5) is 28.6. The van der Waals surface area contributed by atoms with Crippen molar-refractivity contribution in [3.63, 3.8) is 0 Å². The molecule has 3 aromatic carbocycles. The molecule has 0 spiro atoms. The molecule has 9 nitrogen and oxygen atoms in total. The maximum absolute atomic E-state index is 13.8. The highest BCUT2D eigenvalue weighted by Crippen LogP contribution is 2.30. The number of aromatic nitrogens is 3. The number of carbonyl (C=O) groups excluding carboxylic acids is 2. The summed E-state index contributed by atoms with van der Waals surface area (Å²) < 4.78 is 25.5. The predicted molar refractivity (Wildman–Crippen MR) is 132 cm³/mol. The van der Waals surface area contributed by atoms with Crippen molar-refractivity contribution in [2.45, 2.75) is 12.6 Å². The lowest BCUT2D eigenvalue weighted by molar-refractivity contribution is -0.127. The van der Waals surface area contributed by atoms with E-state index >= 15 is 0 Å². The van der Waals surface area contributed by atoms with Gasteiger partial charge in [-0.15, -0.1) is 5.10 Å². The van der Waals surface area contributed by atoms with Gasteiger partial charge in [-0.3, -0.25) is 14.5 Å². The van der Waals surface area contributed by atoms with E-state index in [1.54, 1.807) is 37.4 Å². The second-order valence-electron chi connectivity index (χ2n) is 7.94. The number of nitrogens with zero attached hydrogens (tertiary/aromatic N) is 4. The number of amides is 2. The first kappa shape index (κ1) is 24.8. The number of hydrogen-bond acceptors (Lipinski definition) is 6. The van der Waals surface area contributed by atoms with Gasteiger partial charge in [-0.05, 0) is 54.1 Å². The average molecular weight is 492 g/mol. The van der Waals surface area contributed by atoms with Gasteiger partial charge in [0.05, 0.1) is 19.2 Å². The summed E-state index contributed by atoms with van der Waals surface area (Å²) >= 11 is 0. The van der Waals surface area contributed by atoms with Gasteiger partial charge in [-0.2, -0.15) is 0 Å². The monoisotopic (exact) mass is 491 g/mol. The minimum absolute atomic E-state index is 0.185. The van der Waals surface area contributed by atoms with E-state index in [0.29, 0.717) is 34.6 Å². The van der Waals surface area contributed by atoms with Crippen LogP contribution in [0.3, 0.4) is 0 Å². The minimum atomic E-state index is -1.06. The van der Waals surface area contributed by atoms with Gasteiger partial charge in [0.2, 0.25) is 11.8 Å². The third-order valence-electron chi connectivity index (χ3n) is 5.62. The van der Waals surface area contributed by atoms with Gasteiger partial charge >= 0.3 is 0 Å². The maximum atomic E-state index is 13.8. The Labute approximate surface area is 207 Å². The van der Waals surface area contributed by atoms with Gasteiger partial charge in [-0.1, -0.05) is 29.5 Å². The van der Waals surface area contributed by atoms with E-state index in [-0.39, 0.29) is 13.1 Å². The van der Waals surface area contributed by atoms with Crippen LogP contribution in [-0.2, 0) is 20.9 Å². The molecule has 0 bridgehead atoms. The normalized spacial score (nSPS) is 11.8. The first-order valence-corrected chi connectivity index (χ1v) is 11.3. The Hall–Kier alpha value is -4.31. The van der Waals surface area contributed by atoms with E-state index in [2.05, 4.69) is 15.6 Å². The SMILES string of the molecule is COCCNC(=O)[C@@H](c1ccc(OC)cc1)N(C(=O)Cn1nnc2ccccc21)c1ccc(F)cc1. The second-order valence-corrected chi connectivity index (χ2v) is 7.94. The lowest BCUT2D eigenvalue weighted by Crippen LogP contribution is -2.46. The molecule has 1 heterocycles. The summed E-state index contributed by atoms with van der Waals surface area (Å²) in [6.07, 6.45) is 0. The molecule has 186 valence electrons. The number of benzene rings is 3. The molecular weight excluding hydrogens is 465 g/mol. The molecule has 36 heavy (non-hydrogen) atoms. The number of hydrogen-bond donors (Lipinski definition) is 1. The van der Waals surface area contributed by atoms with Crippen LogP contribution in [-0.4, -0.2) is 54.2 Å². The van der Waals surface area contributed by atoms with Gasteiger partial charge in [0.15, 0.2) is 0 Å². The third-order valence-corrected chi connectivity index (χ3v) is 5.62. The molecule has 0 radical (unpaired) electrons. The number of fused-ring (bicyclic) bond motifs is 1. The van der Waals surface area contributed by atoms with Gasteiger partial charge in [-0.25, -0.2) is 9.07 Å². The van der Waals surface area contributed by atoms with Crippen molar-refractivity contribution in [1.82, 2.24) is 20.3 Å². The van der Waals surface area contributed by atoms with Gasteiger partial charge < -0.3 is 14.8 Å². The first-order valence-electron chi connectivity index (χ1n) is 11.3. The van der Waals surface area contributed by atoms with Crippen LogP contribution in [0.2, 0.25) is 0 Å². The second kappa shape index (κ2) is 11.4. The third kappa shape index (κ3) is 5.49. The van der Waals surface area contributed by atoms with Crippen LogP contribution in [0.15, 0.2) is 72.8 Å². The van der Waals surface area contributed by atoms with E-state index in [4.69, 9.17) is 9.47 Å². The fourth-order valence-electron chi connectivity index (χ4n) is 3.85. The fraction of sp³-hybridized carbons (Fsp3) is 0.231. The topological polar surface area (TPSA) is 98.6 Å². The highest BCUT2D eigenvalue weighted by Gasteiger charge is 2.33. The maximum Gasteiger partial charge on any atom is 0.249 e. The molecule has 4 aromatic rings. The molecule has 0 saturated heterocycles. The molecular formula is C26H26FN5O4. The Bertz CT molecular complexity index is 1320. The number of anilines is 1.